The molecule has 1 aromatic heterocycles. The first-order valence-electron chi connectivity index (χ1n) is 12.1. The molecule has 0 fully saturated rings. The molecule has 0 aliphatic rings. The van der Waals surface area contributed by atoms with Crippen LogP contribution in [0.5, 0.6) is 0 Å². The predicted octanol–water partition coefficient (Wildman–Crippen LogP) is -2.43. The van der Waals surface area contributed by atoms with Gasteiger partial charge in [-0.15, -0.1) is 0 Å². The van der Waals surface area contributed by atoms with Crippen molar-refractivity contribution in [2.24, 2.45) is 17.2 Å². The maximum Gasteiger partial charge on any atom is 0.328 e. The van der Waals surface area contributed by atoms with Crippen LogP contribution in [0.3, 0.4) is 0 Å². The standard InChI is InChI=1S/C24H35N7O7/c25-8-4-3-6-15(26)21(34)29-18(10-20(27)33)23(36)30-17(22(35)31-19(12-32)24(37)38)9-13-11-28-16-7-2-1-5-14(13)16/h1-2,5,7,11,15,17-19,28,32H,3-4,6,8-10,12,25-26H2,(H2,27,33)(H,29,34)(H,30,36)(H,31,35)(H,37,38). The summed E-state index contributed by atoms with van der Waals surface area (Å²) in [5.41, 5.74) is 18.0. The molecule has 0 bridgehead atoms. The van der Waals surface area contributed by atoms with Crippen molar-refractivity contribution in [2.75, 3.05) is 13.2 Å². The third kappa shape index (κ3) is 8.83. The SMILES string of the molecule is NCCCCC(N)C(=O)NC(CC(N)=O)C(=O)NC(Cc1c[nH]c2ccccc12)C(=O)NC(CO)C(=O)O. The molecule has 14 nitrogen and oxygen atoms in total. The molecule has 38 heavy (non-hydrogen) atoms. The molecule has 4 atom stereocenters. The van der Waals surface area contributed by atoms with E-state index in [9.17, 15) is 34.2 Å². The number of para-hydroxylation sites is 1. The summed E-state index contributed by atoms with van der Waals surface area (Å²) in [6.45, 7) is -0.447. The van der Waals surface area contributed by atoms with Crippen molar-refractivity contribution in [3.8, 4) is 0 Å². The van der Waals surface area contributed by atoms with Crippen LogP contribution in [0.15, 0.2) is 30.5 Å². The van der Waals surface area contributed by atoms with Gasteiger partial charge in [0.05, 0.1) is 19.1 Å². The summed E-state index contributed by atoms with van der Waals surface area (Å²) in [6.07, 6.45) is 2.54. The highest BCUT2D eigenvalue weighted by molar-refractivity contribution is 5.96. The largest absolute Gasteiger partial charge is 0.480 e. The van der Waals surface area contributed by atoms with E-state index in [0.29, 0.717) is 31.4 Å². The molecular formula is C24H35N7O7. The highest BCUT2D eigenvalue weighted by Crippen LogP contribution is 2.19. The van der Waals surface area contributed by atoms with Crippen molar-refractivity contribution in [1.82, 2.24) is 20.9 Å². The molecule has 1 aromatic carbocycles. The number of primary amides is 1. The first-order chi connectivity index (χ1) is 18.1. The number of fused-ring (bicyclic) bond motifs is 1. The molecule has 208 valence electrons. The van der Waals surface area contributed by atoms with E-state index < -0.39 is 66.8 Å². The number of aliphatic hydroxyl groups is 1. The second-order valence-corrected chi connectivity index (χ2v) is 8.83. The highest BCUT2D eigenvalue weighted by atomic mass is 16.4. The fraction of sp³-hybridized carbons (Fsp3) is 0.458. The summed E-state index contributed by atoms with van der Waals surface area (Å²) in [4.78, 5) is 64.7. The lowest BCUT2D eigenvalue weighted by Crippen LogP contribution is -2.58. The van der Waals surface area contributed by atoms with Crippen LogP contribution < -0.4 is 33.2 Å². The van der Waals surface area contributed by atoms with Gasteiger partial charge in [0.2, 0.25) is 23.6 Å². The van der Waals surface area contributed by atoms with Gasteiger partial charge in [-0.05, 0) is 31.0 Å². The Hall–Kier alpha value is -4.01. The van der Waals surface area contributed by atoms with Gasteiger partial charge >= 0.3 is 5.97 Å². The Morgan fingerprint density at radius 2 is 1.55 bits per heavy atom. The number of rotatable bonds is 16. The molecule has 0 saturated heterocycles. The fourth-order valence-electron chi connectivity index (χ4n) is 3.79. The van der Waals surface area contributed by atoms with Gasteiger partial charge in [-0.25, -0.2) is 4.79 Å². The second-order valence-electron chi connectivity index (χ2n) is 8.83. The minimum absolute atomic E-state index is 0.0742. The lowest BCUT2D eigenvalue weighted by Gasteiger charge is -2.24. The van der Waals surface area contributed by atoms with Crippen LogP contribution in [0.4, 0.5) is 0 Å². The van der Waals surface area contributed by atoms with E-state index in [2.05, 4.69) is 20.9 Å². The number of nitrogens with one attached hydrogen (secondary N) is 4. The number of H-pyrrole nitrogens is 1. The average Bonchev–Trinajstić information content (AvgIpc) is 3.28. The van der Waals surface area contributed by atoms with Crippen molar-refractivity contribution >= 4 is 40.5 Å². The van der Waals surface area contributed by atoms with Crippen molar-refractivity contribution in [1.29, 1.82) is 0 Å². The van der Waals surface area contributed by atoms with Crippen LogP contribution in [-0.2, 0) is 30.4 Å². The van der Waals surface area contributed by atoms with Crippen LogP contribution in [-0.4, -0.2) is 82.1 Å². The fourth-order valence-corrected chi connectivity index (χ4v) is 3.79. The van der Waals surface area contributed by atoms with E-state index in [1.807, 2.05) is 12.1 Å². The van der Waals surface area contributed by atoms with Gasteiger partial charge in [-0.1, -0.05) is 24.6 Å². The van der Waals surface area contributed by atoms with E-state index in [0.717, 1.165) is 10.9 Å². The number of aromatic nitrogens is 1. The molecule has 2 aromatic rings. The summed E-state index contributed by atoms with van der Waals surface area (Å²) in [5.74, 6) is -4.84. The van der Waals surface area contributed by atoms with Crippen LogP contribution >= 0.6 is 0 Å². The Labute approximate surface area is 218 Å². The van der Waals surface area contributed by atoms with Gasteiger partial charge in [0.15, 0.2) is 0 Å². The number of benzene rings is 1. The van der Waals surface area contributed by atoms with Crippen LogP contribution in [0, 0.1) is 0 Å². The van der Waals surface area contributed by atoms with Gasteiger partial charge in [0.1, 0.15) is 18.1 Å². The number of hydrogen-bond acceptors (Lipinski definition) is 8. The number of unbranched alkanes of at least 4 members (excludes halogenated alkanes) is 1. The normalized spacial score (nSPS) is 14.2. The van der Waals surface area contributed by atoms with Gasteiger partial charge in [0.25, 0.3) is 0 Å². The molecule has 1 heterocycles. The van der Waals surface area contributed by atoms with Gasteiger partial charge in [-0.2, -0.15) is 0 Å². The van der Waals surface area contributed by atoms with Crippen molar-refractivity contribution < 1.29 is 34.2 Å². The molecule has 4 unspecified atom stereocenters. The topological polar surface area (TPSA) is 256 Å². The maximum absolute atomic E-state index is 13.1. The lowest BCUT2D eigenvalue weighted by atomic mass is 10.0. The highest BCUT2D eigenvalue weighted by Gasteiger charge is 2.31. The molecular weight excluding hydrogens is 498 g/mol. The average molecular weight is 534 g/mol. The summed E-state index contributed by atoms with van der Waals surface area (Å²) in [7, 11) is 0. The first-order valence-corrected chi connectivity index (χ1v) is 12.1. The van der Waals surface area contributed by atoms with Crippen molar-refractivity contribution in [3.05, 3.63) is 36.0 Å². The minimum Gasteiger partial charge on any atom is -0.480 e. The number of aliphatic hydroxyl groups excluding tert-OH is 1. The number of carboxylic acid groups (broad SMARTS) is 1. The number of hydrogen-bond donors (Lipinski definition) is 9. The van der Waals surface area contributed by atoms with Gasteiger partial charge < -0.3 is 48.3 Å². The predicted molar refractivity (Wildman–Crippen MR) is 137 cm³/mol. The molecule has 0 aliphatic carbocycles. The summed E-state index contributed by atoms with van der Waals surface area (Å²) in [6, 6.07) is 1.86. The Bertz CT molecular complexity index is 1140. The first kappa shape index (κ1) is 30.2. The molecule has 0 aliphatic heterocycles. The Kier molecular flexibility index (Phi) is 11.7. The number of nitrogens with two attached hydrogens (primary N) is 3. The van der Waals surface area contributed by atoms with Crippen molar-refractivity contribution in [2.45, 2.75) is 56.3 Å². The van der Waals surface area contributed by atoms with Crippen LogP contribution in [0.2, 0.25) is 0 Å². The second kappa shape index (κ2) is 14.7. The molecule has 0 spiro atoms. The van der Waals surface area contributed by atoms with Crippen molar-refractivity contribution in [3.63, 3.8) is 0 Å². The van der Waals surface area contributed by atoms with E-state index >= 15 is 0 Å². The molecule has 0 radical (unpaired) electrons. The summed E-state index contributed by atoms with van der Waals surface area (Å²) in [5, 5.41) is 26.3. The zero-order chi connectivity index (χ0) is 28.2. The summed E-state index contributed by atoms with van der Waals surface area (Å²) < 4.78 is 0. The molecule has 4 amide bonds. The summed E-state index contributed by atoms with van der Waals surface area (Å²) >= 11 is 0. The van der Waals surface area contributed by atoms with Gasteiger partial charge in [-0.3, -0.25) is 19.2 Å². The third-order valence-electron chi connectivity index (χ3n) is 5.87. The molecule has 12 N–H and O–H groups in total. The van der Waals surface area contributed by atoms with E-state index in [1.165, 1.54) is 0 Å². The number of carbonyl (C=O) groups is 5. The molecule has 14 heteroatoms. The number of aliphatic carboxylic acids is 1. The van der Waals surface area contributed by atoms with E-state index in [4.69, 9.17) is 17.2 Å². The number of carboxylic acids is 1. The van der Waals surface area contributed by atoms with Gasteiger partial charge in [0, 0.05) is 23.5 Å². The number of amides is 4. The number of carbonyl (C=O) groups excluding carboxylic acids is 4. The zero-order valence-corrected chi connectivity index (χ0v) is 20.8. The van der Waals surface area contributed by atoms with E-state index in [1.54, 1.807) is 18.3 Å². The van der Waals surface area contributed by atoms with Crippen LogP contribution in [0.1, 0.15) is 31.2 Å². The smallest absolute Gasteiger partial charge is 0.328 e. The zero-order valence-electron chi connectivity index (χ0n) is 20.8. The molecule has 2 rings (SSSR count). The Morgan fingerprint density at radius 3 is 2.18 bits per heavy atom. The Morgan fingerprint density at radius 1 is 0.921 bits per heavy atom. The number of aromatic amines is 1. The monoisotopic (exact) mass is 533 g/mol. The quantitative estimate of drug-likeness (QED) is 0.104. The van der Waals surface area contributed by atoms with Crippen LogP contribution in [0.25, 0.3) is 10.9 Å². The molecule has 0 saturated carbocycles. The van der Waals surface area contributed by atoms with E-state index in [-0.39, 0.29) is 6.42 Å². The maximum atomic E-state index is 13.1. The Balaban J connectivity index is 2.26. The minimum atomic E-state index is -1.61. The lowest BCUT2D eigenvalue weighted by molar-refractivity contribution is -0.143. The third-order valence-corrected chi connectivity index (χ3v) is 5.87.